The van der Waals surface area contributed by atoms with Crippen LogP contribution in [0.25, 0.3) is 11.1 Å². The zero-order valence-corrected chi connectivity index (χ0v) is 17.8. The SMILES string of the molecule is COc1cccc(OCC(O)CNC(=O)c2c(C)oc3ncnc(NC4(C)CC4)c23)c1. The molecule has 2 aromatic heterocycles. The molecule has 0 bridgehead atoms. The Hall–Kier alpha value is -3.33. The Kier molecular flexibility index (Phi) is 5.69. The Labute approximate surface area is 179 Å². The number of fused-ring (bicyclic) bond motifs is 1. The first-order valence-corrected chi connectivity index (χ1v) is 10.1. The molecule has 1 atom stereocenters. The van der Waals surface area contributed by atoms with E-state index in [2.05, 4.69) is 27.5 Å². The van der Waals surface area contributed by atoms with E-state index in [4.69, 9.17) is 13.9 Å². The van der Waals surface area contributed by atoms with Crippen molar-refractivity contribution in [1.29, 1.82) is 0 Å². The first kappa shape index (κ1) is 20.9. The molecule has 164 valence electrons. The van der Waals surface area contributed by atoms with E-state index in [1.807, 2.05) is 0 Å². The van der Waals surface area contributed by atoms with Gasteiger partial charge >= 0.3 is 0 Å². The summed E-state index contributed by atoms with van der Waals surface area (Å²) in [5, 5.41) is 16.9. The molecule has 0 radical (unpaired) electrons. The van der Waals surface area contributed by atoms with Gasteiger partial charge in [0, 0.05) is 18.2 Å². The zero-order chi connectivity index (χ0) is 22.0. The highest BCUT2D eigenvalue weighted by Gasteiger charge is 2.38. The number of aromatic nitrogens is 2. The zero-order valence-electron chi connectivity index (χ0n) is 17.8. The van der Waals surface area contributed by atoms with Gasteiger partial charge < -0.3 is 29.6 Å². The summed E-state index contributed by atoms with van der Waals surface area (Å²) in [6, 6.07) is 7.09. The second-order valence-corrected chi connectivity index (χ2v) is 7.98. The van der Waals surface area contributed by atoms with Gasteiger partial charge in [-0.05, 0) is 38.8 Å². The minimum atomic E-state index is -0.896. The summed E-state index contributed by atoms with van der Waals surface area (Å²) < 4.78 is 16.4. The largest absolute Gasteiger partial charge is 0.497 e. The summed E-state index contributed by atoms with van der Waals surface area (Å²) in [5.41, 5.74) is 0.697. The molecule has 9 nitrogen and oxygen atoms in total. The lowest BCUT2D eigenvalue weighted by atomic mass is 10.1. The molecule has 3 aromatic rings. The summed E-state index contributed by atoms with van der Waals surface area (Å²) in [7, 11) is 1.57. The molecule has 0 aliphatic heterocycles. The minimum absolute atomic E-state index is 0.0169. The van der Waals surface area contributed by atoms with Crippen LogP contribution in [0.5, 0.6) is 11.5 Å². The van der Waals surface area contributed by atoms with Crippen molar-refractivity contribution < 1.29 is 23.8 Å². The van der Waals surface area contributed by atoms with Gasteiger partial charge in [0.15, 0.2) is 0 Å². The second kappa shape index (κ2) is 8.43. The third-order valence-corrected chi connectivity index (χ3v) is 5.29. The van der Waals surface area contributed by atoms with E-state index in [0.29, 0.717) is 39.7 Å². The molecule has 9 heteroatoms. The molecule has 1 aromatic carbocycles. The van der Waals surface area contributed by atoms with Crippen molar-refractivity contribution in [2.24, 2.45) is 0 Å². The average Bonchev–Trinajstić information content (AvgIpc) is 3.38. The lowest BCUT2D eigenvalue weighted by Gasteiger charge is -2.15. The van der Waals surface area contributed by atoms with Gasteiger partial charge in [-0.15, -0.1) is 0 Å². The number of methoxy groups -OCH3 is 1. The molecule has 4 rings (SSSR count). The van der Waals surface area contributed by atoms with Crippen LogP contribution in [0.3, 0.4) is 0 Å². The highest BCUT2D eigenvalue weighted by molar-refractivity contribution is 6.10. The fraction of sp³-hybridized carbons (Fsp3) is 0.409. The van der Waals surface area contributed by atoms with Crippen molar-refractivity contribution in [3.63, 3.8) is 0 Å². The van der Waals surface area contributed by atoms with Gasteiger partial charge in [-0.3, -0.25) is 4.79 Å². The Morgan fingerprint density at radius 3 is 2.84 bits per heavy atom. The second-order valence-electron chi connectivity index (χ2n) is 7.98. The Bertz CT molecular complexity index is 1090. The number of amides is 1. The summed E-state index contributed by atoms with van der Waals surface area (Å²) in [4.78, 5) is 21.4. The Balaban J connectivity index is 1.41. The fourth-order valence-electron chi connectivity index (χ4n) is 3.25. The topological polar surface area (TPSA) is 119 Å². The number of furan rings is 1. The predicted octanol–water partition coefficient (Wildman–Crippen LogP) is 2.67. The Morgan fingerprint density at radius 1 is 1.32 bits per heavy atom. The minimum Gasteiger partial charge on any atom is -0.497 e. The maximum atomic E-state index is 12.9. The fourth-order valence-corrected chi connectivity index (χ4v) is 3.25. The maximum Gasteiger partial charge on any atom is 0.255 e. The predicted molar refractivity (Wildman–Crippen MR) is 115 cm³/mol. The van der Waals surface area contributed by atoms with E-state index in [-0.39, 0.29) is 24.6 Å². The molecular weight excluding hydrogens is 400 g/mol. The van der Waals surface area contributed by atoms with Crippen LogP contribution in [-0.2, 0) is 0 Å². The van der Waals surface area contributed by atoms with Crippen LogP contribution in [0.4, 0.5) is 5.82 Å². The third-order valence-electron chi connectivity index (χ3n) is 5.29. The van der Waals surface area contributed by atoms with E-state index in [1.165, 1.54) is 6.33 Å². The van der Waals surface area contributed by atoms with Crippen molar-refractivity contribution in [3.05, 3.63) is 41.9 Å². The van der Waals surface area contributed by atoms with E-state index >= 15 is 0 Å². The number of hydrogen-bond acceptors (Lipinski definition) is 8. The molecule has 1 saturated carbocycles. The normalized spacial score (nSPS) is 15.4. The van der Waals surface area contributed by atoms with Crippen LogP contribution in [0, 0.1) is 6.92 Å². The van der Waals surface area contributed by atoms with E-state index in [1.54, 1.807) is 38.3 Å². The van der Waals surface area contributed by atoms with Gasteiger partial charge in [0.25, 0.3) is 5.91 Å². The van der Waals surface area contributed by atoms with E-state index < -0.39 is 6.10 Å². The number of benzene rings is 1. The molecule has 1 aliphatic rings. The number of carbonyl (C=O) groups is 1. The van der Waals surface area contributed by atoms with Crippen LogP contribution in [0.15, 0.2) is 35.0 Å². The van der Waals surface area contributed by atoms with Crippen molar-refractivity contribution in [2.45, 2.75) is 38.3 Å². The molecular formula is C22H26N4O5. The summed E-state index contributed by atoms with van der Waals surface area (Å²) in [6.45, 7) is 3.85. The number of anilines is 1. The van der Waals surface area contributed by atoms with Gasteiger partial charge in [-0.2, -0.15) is 0 Å². The third kappa shape index (κ3) is 4.72. The van der Waals surface area contributed by atoms with E-state index in [9.17, 15) is 9.90 Å². The average molecular weight is 426 g/mol. The lowest BCUT2D eigenvalue weighted by molar-refractivity contribution is 0.0843. The van der Waals surface area contributed by atoms with Crippen molar-refractivity contribution in [3.8, 4) is 11.5 Å². The number of aliphatic hydroxyl groups excluding tert-OH is 1. The van der Waals surface area contributed by atoms with Crippen molar-refractivity contribution in [2.75, 3.05) is 25.6 Å². The molecule has 0 saturated heterocycles. The first-order chi connectivity index (χ1) is 14.9. The molecule has 1 fully saturated rings. The number of ether oxygens (including phenoxy) is 2. The number of aliphatic hydroxyl groups is 1. The first-order valence-electron chi connectivity index (χ1n) is 10.1. The lowest BCUT2D eigenvalue weighted by Crippen LogP contribution is -2.35. The van der Waals surface area contributed by atoms with Crippen LogP contribution in [0.2, 0.25) is 0 Å². The summed E-state index contributed by atoms with van der Waals surface area (Å²) >= 11 is 0. The number of aryl methyl sites for hydroxylation is 1. The highest BCUT2D eigenvalue weighted by Crippen LogP contribution is 2.40. The number of nitrogens with zero attached hydrogens (tertiary/aromatic N) is 2. The molecule has 1 aliphatic carbocycles. The maximum absolute atomic E-state index is 12.9. The summed E-state index contributed by atoms with van der Waals surface area (Å²) in [6.07, 6.45) is 2.60. The van der Waals surface area contributed by atoms with E-state index in [0.717, 1.165) is 12.8 Å². The van der Waals surface area contributed by atoms with Crippen LogP contribution < -0.4 is 20.1 Å². The van der Waals surface area contributed by atoms with Gasteiger partial charge in [0.05, 0.1) is 18.1 Å². The molecule has 1 unspecified atom stereocenters. The van der Waals surface area contributed by atoms with Gasteiger partial charge in [-0.1, -0.05) is 6.07 Å². The van der Waals surface area contributed by atoms with Gasteiger partial charge in [-0.25, -0.2) is 9.97 Å². The molecule has 31 heavy (non-hydrogen) atoms. The monoisotopic (exact) mass is 426 g/mol. The number of carbonyl (C=O) groups excluding carboxylic acids is 1. The summed E-state index contributed by atoms with van der Waals surface area (Å²) in [5.74, 6) is 1.89. The smallest absolute Gasteiger partial charge is 0.255 e. The number of rotatable bonds is 9. The number of hydrogen-bond donors (Lipinski definition) is 3. The standard InChI is InChI=1S/C22H26N4O5/c1-13-17(18-19(26-22(2)7-8-22)24-12-25-21(18)31-13)20(28)23-10-14(27)11-30-16-6-4-5-15(9-16)29-3/h4-6,9,12,14,27H,7-8,10-11H2,1-3H3,(H,23,28)(H,24,25,26). The molecule has 3 N–H and O–H groups in total. The van der Waals surface area contributed by atoms with Crippen LogP contribution in [-0.4, -0.2) is 52.9 Å². The quantitative estimate of drug-likeness (QED) is 0.478. The highest BCUT2D eigenvalue weighted by atomic mass is 16.5. The van der Waals surface area contributed by atoms with Crippen molar-refractivity contribution >= 4 is 22.8 Å². The van der Waals surface area contributed by atoms with Crippen molar-refractivity contribution in [1.82, 2.24) is 15.3 Å². The van der Waals surface area contributed by atoms with Gasteiger partial charge in [0.1, 0.15) is 42.1 Å². The number of nitrogens with one attached hydrogen (secondary N) is 2. The molecule has 2 heterocycles. The molecule has 0 spiro atoms. The Morgan fingerprint density at radius 2 is 2.10 bits per heavy atom. The molecule has 1 amide bonds. The van der Waals surface area contributed by atoms with Crippen LogP contribution >= 0.6 is 0 Å². The van der Waals surface area contributed by atoms with Gasteiger partial charge in [0.2, 0.25) is 5.71 Å². The van der Waals surface area contributed by atoms with Crippen LogP contribution in [0.1, 0.15) is 35.9 Å².